The molecule has 0 aromatic heterocycles. The van der Waals surface area contributed by atoms with E-state index < -0.39 is 8.32 Å². The van der Waals surface area contributed by atoms with Crippen LogP contribution in [0.25, 0.3) is 0 Å². The average Bonchev–Trinajstić information content (AvgIpc) is 1.95. The summed E-state index contributed by atoms with van der Waals surface area (Å²) < 4.78 is 4.27. The Balaban J connectivity index is 3.82. The first-order valence-corrected chi connectivity index (χ1v) is 6.08. The van der Waals surface area contributed by atoms with Crippen LogP contribution in [0.4, 0.5) is 0 Å². The van der Waals surface area contributed by atoms with Gasteiger partial charge in [-0.1, -0.05) is 20.8 Å². The summed E-state index contributed by atoms with van der Waals surface area (Å²) in [7, 11) is -1.75. The summed E-state index contributed by atoms with van der Waals surface area (Å²) >= 11 is 0. The SMILES string of the molecule is CC[Si](CC)(CC)O[O]. The third-order valence-corrected chi connectivity index (χ3v) is 6.33. The average molecular weight is 147 g/mol. The lowest BCUT2D eigenvalue weighted by atomic mass is 10.9. The van der Waals surface area contributed by atoms with Gasteiger partial charge < -0.3 is 0 Å². The van der Waals surface area contributed by atoms with Crippen LogP contribution in [0.15, 0.2) is 0 Å². The summed E-state index contributed by atoms with van der Waals surface area (Å²) in [6.45, 7) is 6.12. The van der Waals surface area contributed by atoms with E-state index >= 15 is 0 Å². The molecule has 0 bridgehead atoms. The van der Waals surface area contributed by atoms with Crippen molar-refractivity contribution < 1.29 is 9.83 Å². The van der Waals surface area contributed by atoms with Crippen LogP contribution >= 0.6 is 0 Å². The van der Waals surface area contributed by atoms with Crippen LogP contribution in [0, 0.1) is 0 Å². The zero-order valence-electron chi connectivity index (χ0n) is 6.44. The van der Waals surface area contributed by atoms with Crippen molar-refractivity contribution in [2.75, 3.05) is 0 Å². The summed E-state index contributed by atoms with van der Waals surface area (Å²) in [6.07, 6.45) is 0. The van der Waals surface area contributed by atoms with Crippen molar-refractivity contribution in [2.45, 2.75) is 38.9 Å². The first-order chi connectivity index (χ1) is 4.24. The van der Waals surface area contributed by atoms with Gasteiger partial charge in [-0.15, -0.1) is 0 Å². The Morgan fingerprint density at radius 3 is 1.44 bits per heavy atom. The largest absolute Gasteiger partial charge is 0.254 e. The Hall–Kier alpha value is 0.137. The minimum absolute atomic E-state index is 0.948. The fraction of sp³-hybridized carbons (Fsp3) is 1.00. The molecule has 0 spiro atoms. The van der Waals surface area contributed by atoms with Gasteiger partial charge in [0.1, 0.15) is 0 Å². The fourth-order valence-corrected chi connectivity index (χ4v) is 2.78. The van der Waals surface area contributed by atoms with E-state index in [1.807, 2.05) is 20.8 Å². The van der Waals surface area contributed by atoms with E-state index in [0.29, 0.717) is 0 Å². The highest BCUT2D eigenvalue weighted by Crippen LogP contribution is 2.19. The third-order valence-electron chi connectivity index (χ3n) is 2.11. The molecule has 0 rings (SSSR count). The van der Waals surface area contributed by atoms with Gasteiger partial charge in [0.25, 0.3) is 0 Å². The minimum atomic E-state index is -1.75. The molecule has 1 radical (unpaired) electrons. The Kier molecular flexibility index (Phi) is 4.09. The maximum atomic E-state index is 10.2. The van der Waals surface area contributed by atoms with E-state index in [1.165, 1.54) is 0 Å². The molecule has 0 fully saturated rings. The van der Waals surface area contributed by atoms with Crippen LogP contribution in [-0.4, -0.2) is 8.32 Å². The normalized spacial score (nSPS) is 12.0. The van der Waals surface area contributed by atoms with Crippen LogP contribution in [0.2, 0.25) is 18.1 Å². The van der Waals surface area contributed by atoms with Gasteiger partial charge in [-0.3, -0.25) is 4.58 Å². The lowest BCUT2D eigenvalue weighted by molar-refractivity contribution is -0.223. The van der Waals surface area contributed by atoms with Gasteiger partial charge in [-0.05, 0) is 23.4 Å². The Morgan fingerprint density at radius 1 is 1.11 bits per heavy atom. The molecule has 2 nitrogen and oxygen atoms in total. The maximum Gasteiger partial charge on any atom is 0.242 e. The maximum absolute atomic E-state index is 10.2. The molecule has 0 aliphatic rings. The molecule has 55 valence electrons. The lowest BCUT2D eigenvalue weighted by Crippen LogP contribution is -2.33. The second-order valence-corrected chi connectivity index (χ2v) is 6.98. The highest BCUT2D eigenvalue weighted by Gasteiger charge is 2.30. The van der Waals surface area contributed by atoms with Crippen molar-refractivity contribution in [3.63, 3.8) is 0 Å². The number of hydrogen-bond donors (Lipinski definition) is 0. The second-order valence-electron chi connectivity index (χ2n) is 2.33. The van der Waals surface area contributed by atoms with E-state index in [9.17, 15) is 5.26 Å². The highest BCUT2D eigenvalue weighted by molar-refractivity contribution is 6.73. The molecule has 3 heteroatoms. The monoisotopic (exact) mass is 147 g/mol. The molecule has 0 unspecified atom stereocenters. The molecule has 0 aliphatic carbocycles. The molecule has 0 heterocycles. The van der Waals surface area contributed by atoms with Gasteiger partial charge in [0.15, 0.2) is 0 Å². The van der Waals surface area contributed by atoms with E-state index in [2.05, 4.69) is 4.58 Å². The summed E-state index contributed by atoms with van der Waals surface area (Å²) in [4.78, 5) is 0. The standard InChI is InChI=1S/C6H15O2Si/c1-4-9(5-2,6-3)8-7/h4-6H2,1-3H3. The molecule has 0 aliphatic heterocycles. The highest BCUT2D eigenvalue weighted by atomic mass is 28.4. The van der Waals surface area contributed by atoms with Gasteiger partial charge in [0.2, 0.25) is 8.32 Å². The Bertz CT molecular complexity index is 53.9. The lowest BCUT2D eigenvalue weighted by Gasteiger charge is -2.20. The van der Waals surface area contributed by atoms with Crippen LogP contribution < -0.4 is 0 Å². The molecule has 0 amide bonds. The number of rotatable bonds is 4. The first kappa shape index (κ1) is 9.14. The number of hydrogen-bond acceptors (Lipinski definition) is 1. The van der Waals surface area contributed by atoms with Crippen molar-refractivity contribution in [1.29, 1.82) is 0 Å². The minimum Gasteiger partial charge on any atom is -0.254 e. The molecular formula is C6H15O2Si. The molecular weight excluding hydrogens is 132 g/mol. The van der Waals surface area contributed by atoms with Gasteiger partial charge in [0, 0.05) is 0 Å². The molecule has 0 aromatic rings. The summed E-state index contributed by atoms with van der Waals surface area (Å²) in [5.41, 5.74) is 0. The van der Waals surface area contributed by atoms with Crippen molar-refractivity contribution in [3.05, 3.63) is 0 Å². The zero-order chi connectivity index (χ0) is 7.33. The molecule has 9 heavy (non-hydrogen) atoms. The molecule has 0 saturated heterocycles. The van der Waals surface area contributed by atoms with Crippen molar-refractivity contribution >= 4 is 8.32 Å². The summed E-state index contributed by atoms with van der Waals surface area (Å²) in [5, 5.41) is 10.2. The molecule has 0 saturated carbocycles. The summed E-state index contributed by atoms with van der Waals surface area (Å²) in [5.74, 6) is 0. The van der Waals surface area contributed by atoms with Crippen molar-refractivity contribution in [3.8, 4) is 0 Å². The third kappa shape index (κ3) is 2.08. The van der Waals surface area contributed by atoms with Crippen LogP contribution in [0.3, 0.4) is 0 Å². The van der Waals surface area contributed by atoms with Gasteiger partial charge in [0.05, 0.1) is 0 Å². The quantitative estimate of drug-likeness (QED) is 0.341. The van der Waals surface area contributed by atoms with Crippen LogP contribution in [-0.2, 0) is 9.83 Å². The van der Waals surface area contributed by atoms with Crippen LogP contribution in [0.1, 0.15) is 20.8 Å². The van der Waals surface area contributed by atoms with Gasteiger partial charge in [-0.25, -0.2) is 0 Å². The predicted octanol–water partition coefficient (Wildman–Crippen LogP) is 2.35. The molecule has 0 atom stereocenters. The second kappa shape index (κ2) is 4.03. The predicted molar refractivity (Wildman–Crippen MR) is 39.0 cm³/mol. The topological polar surface area (TPSA) is 29.1 Å². The molecule has 0 N–H and O–H groups in total. The van der Waals surface area contributed by atoms with Gasteiger partial charge in [-0.2, -0.15) is 0 Å². The van der Waals surface area contributed by atoms with E-state index in [0.717, 1.165) is 18.1 Å². The van der Waals surface area contributed by atoms with E-state index in [-0.39, 0.29) is 0 Å². The van der Waals surface area contributed by atoms with Crippen molar-refractivity contribution in [1.82, 2.24) is 0 Å². The molecule has 0 aromatic carbocycles. The first-order valence-electron chi connectivity index (χ1n) is 3.55. The van der Waals surface area contributed by atoms with Crippen LogP contribution in [0.5, 0.6) is 0 Å². The van der Waals surface area contributed by atoms with Gasteiger partial charge >= 0.3 is 0 Å². The van der Waals surface area contributed by atoms with Crippen molar-refractivity contribution in [2.24, 2.45) is 0 Å². The smallest absolute Gasteiger partial charge is 0.242 e. The fourth-order valence-electron chi connectivity index (χ4n) is 0.927. The van der Waals surface area contributed by atoms with E-state index in [1.54, 1.807) is 0 Å². The Morgan fingerprint density at radius 2 is 1.44 bits per heavy atom. The van der Waals surface area contributed by atoms with E-state index in [4.69, 9.17) is 0 Å². The zero-order valence-corrected chi connectivity index (χ0v) is 7.44. The summed E-state index contributed by atoms with van der Waals surface area (Å²) in [6, 6.07) is 2.84. The Labute approximate surface area is 57.9 Å².